The summed E-state index contributed by atoms with van der Waals surface area (Å²) in [5.74, 6) is 1.62. The molecule has 156 valence electrons. The van der Waals surface area contributed by atoms with Gasteiger partial charge in [0.05, 0.1) is 6.04 Å². The first-order valence-corrected chi connectivity index (χ1v) is 10.6. The van der Waals surface area contributed by atoms with Gasteiger partial charge in [-0.05, 0) is 66.0 Å². The predicted molar refractivity (Wildman–Crippen MR) is 110 cm³/mol. The third-order valence-corrected chi connectivity index (χ3v) is 5.09. The summed E-state index contributed by atoms with van der Waals surface area (Å²) in [4.78, 5) is 21.7. The van der Waals surface area contributed by atoms with Gasteiger partial charge in [0.2, 0.25) is 0 Å². The van der Waals surface area contributed by atoms with Crippen LogP contribution in [0, 0.1) is 5.92 Å². The highest BCUT2D eigenvalue weighted by Crippen LogP contribution is 2.17. The normalized spacial score (nSPS) is 24.8. The van der Waals surface area contributed by atoms with E-state index in [1.807, 2.05) is 20.8 Å². The van der Waals surface area contributed by atoms with Crippen LogP contribution in [0.1, 0.15) is 53.9 Å². The Hall–Kier alpha value is -1.50. The number of hydrogen-bond acceptors (Lipinski definition) is 4. The predicted octanol–water partition coefficient (Wildman–Crippen LogP) is 2.28. The van der Waals surface area contributed by atoms with Gasteiger partial charge in [0, 0.05) is 32.7 Å². The molecule has 1 amide bonds. The fourth-order valence-electron chi connectivity index (χ4n) is 3.77. The minimum atomic E-state index is -0.467. The average molecular weight is 382 g/mol. The van der Waals surface area contributed by atoms with Crippen molar-refractivity contribution in [3.63, 3.8) is 0 Å². The van der Waals surface area contributed by atoms with Crippen LogP contribution in [-0.2, 0) is 4.74 Å². The Kier molecular flexibility index (Phi) is 8.20. The lowest BCUT2D eigenvalue weighted by Crippen LogP contribution is -2.44. The van der Waals surface area contributed by atoms with Crippen LogP contribution in [0.5, 0.6) is 0 Å². The lowest BCUT2D eigenvalue weighted by Gasteiger charge is -2.31. The molecule has 2 rings (SSSR count). The molecule has 0 aromatic carbocycles. The van der Waals surface area contributed by atoms with Gasteiger partial charge in [-0.1, -0.05) is 6.92 Å². The molecule has 2 heterocycles. The summed E-state index contributed by atoms with van der Waals surface area (Å²) in [6.45, 7) is 16.9. The summed E-state index contributed by atoms with van der Waals surface area (Å²) < 4.78 is 5.37. The van der Waals surface area contributed by atoms with Crippen molar-refractivity contribution in [3.05, 3.63) is 0 Å². The number of piperidine rings is 1. The summed E-state index contributed by atoms with van der Waals surface area (Å²) in [6, 6.07) is 0.106. The molecule has 27 heavy (non-hydrogen) atoms. The molecule has 0 saturated carbocycles. The summed E-state index contributed by atoms with van der Waals surface area (Å²) in [5.41, 5.74) is -0.467. The molecule has 0 aliphatic carbocycles. The fourth-order valence-corrected chi connectivity index (χ4v) is 3.77. The molecular weight excluding hydrogens is 342 g/mol. The quantitative estimate of drug-likeness (QED) is 0.565. The highest BCUT2D eigenvalue weighted by molar-refractivity contribution is 5.80. The molecule has 7 heteroatoms. The van der Waals surface area contributed by atoms with E-state index in [4.69, 9.17) is 9.73 Å². The van der Waals surface area contributed by atoms with Gasteiger partial charge in [-0.3, -0.25) is 4.99 Å². The molecule has 2 atom stereocenters. The van der Waals surface area contributed by atoms with E-state index in [0.717, 1.165) is 51.6 Å². The Morgan fingerprint density at radius 1 is 1.19 bits per heavy atom. The number of nitrogens with one attached hydrogen (secondary N) is 2. The molecule has 0 spiro atoms. The second-order valence-corrected chi connectivity index (χ2v) is 8.67. The number of aliphatic imine (C=N–C) groups is 1. The summed E-state index contributed by atoms with van der Waals surface area (Å²) >= 11 is 0. The van der Waals surface area contributed by atoms with Gasteiger partial charge < -0.3 is 25.2 Å². The number of amides is 1. The third-order valence-electron chi connectivity index (χ3n) is 5.09. The minimum absolute atomic E-state index is 0.106. The molecule has 0 aromatic rings. The molecule has 2 aliphatic rings. The van der Waals surface area contributed by atoms with Crippen molar-refractivity contribution < 1.29 is 9.53 Å². The Morgan fingerprint density at radius 2 is 1.96 bits per heavy atom. The third kappa shape index (κ3) is 7.56. The molecular formula is C20H39N5O2. The van der Waals surface area contributed by atoms with Gasteiger partial charge in [0.1, 0.15) is 5.60 Å². The zero-order chi connectivity index (χ0) is 19.9. The first-order valence-electron chi connectivity index (χ1n) is 10.6. The summed E-state index contributed by atoms with van der Waals surface area (Å²) in [6.07, 6.45) is 3.12. The fraction of sp³-hybridized carbons (Fsp3) is 0.900. The lowest BCUT2D eigenvalue weighted by atomic mass is 9.98. The minimum Gasteiger partial charge on any atom is -0.444 e. The van der Waals surface area contributed by atoms with E-state index in [1.54, 1.807) is 0 Å². The van der Waals surface area contributed by atoms with E-state index in [2.05, 4.69) is 34.3 Å². The van der Waals surface area contributed by atoms with Crippen LogP contribution >= 0.6 is 0 Å². The number of nitrogens with zero attached hydrogens (tertiary/aromatic N) is 3. The van der Waals surface area contributed by atoms with Crippen molar-refractivity contribution in [3.8, 4) is 0 Å². The van der Waals surface area contributed by atoms with Crippen molar-refractivity contribution >= 4 is 12.1 Å². The zero-order valence-electron chi connectivity index (χ0n) is 17.9. The maximum absolute atomic E-state index is 12.0. The number of ether oxygens (including phenoxy) is 1. The van der Waals surface area contributed by atoms with Gasteiger partial charge >= 0.3 is 6.09 Å². The molecule has 7 nitrogen and oxygen atoms in total. The first kappa shape index (κ1) is 21.8. The van der Waals surface area contributed by atoms with Crippen molar-refractivity contribution in [2.45, 2.75) is 65.5 Å². The van der Waals surface area contributed by atoms with Crippen LogP contribution in [0.3, 0.4) is 0 Å². The second-order valence-electron chi connectivity index (χ2n) is 8.67. The summed E-state index contributed by atoms with van der Waals surface area (Å²) in [5, 5.41) is 6.41. The first-order chi connectivity index (χ1) is 12.8. The maximum atomic E-state index is 12.0. The number of carbonyl (C=O) groups is 1. The van der Waals surface area contributed by atoms with Crippen molar-refractivity contribution in [2.24, 2.45) is 10.9 Å². The Morgan fingerprint density at radius 3 is 2.63 bits per heavy atom. The number of carbonyl (C=O) groups excluding carboxylic acids is 1. The van der Waals surface area contributed by atoms with E-state index >= 15 is 0 Å². The van der Waals surface area contributed by atoms with Gasteiger partial charge in [-0.15, -0.1) is 0 Å². The monoisotopic (exact) mass is 381 g/mol. The number of rotatable bonds is 5. The topological polar surface area (TPSA) is 69.2 Å². The second kappa shape index (κ2) is 10.2. The Bertz CT molecular complexity index is 503. The smallest absolute Gasteiger partial charge is 0.407 e. The molecule has 2 aliphatic heterocycles. The number of hydrogen-bond donors (Lipinski definition) is 2. The summed E-state index contributed by atoms with van der Waals surface area (Å²) in [7, 11) is 0. The van der Waals surface area contributed by atoms with E-state index in [0.29, 0.717) is 5.92 Å². The maximum Gasteiger partial charge on any atom is 0.407 e. The van der Waals surface area contributed by atoms with Crippen molar-refractivity contribution in [1.82, 2.24) is 20.4 Å². The number of guanidine groups is 1. The Balaban J connectivity index is 1.86. The van der Waals surface area contributed by atoms with E-state index < -0.39 is 5.60 Å². The van der Waals surface area contributed by atoms with Crippen LogP contribution in [0.25, 0.3) is 0 Å². The highest BCUT2D eigenvalue weighted by Gasteiger charge is 2.28. The lowest BCUT2D eigenvalue weighted by molar-refractivity contribution is 0.0507. The largest absolute Gasteiger partial charge is 0.444 e. The molecule has 2 saturated heterocycles. The zero-order valence-corrected chi connectivity index (χ0v) is 17.9. The molecule has 2 fully saturated rings. The van der Waals surface area contributed by atoms with Crippen LogP contribution in [0.2, 0.25) is 0 Å². The SMILES string of the molecule is CCNC(=NCC1CCCN(CC)C1)N1CCC(NC(=O)OC(C)(C)C)C1. The van der Waals surface area contributed by atoms with Crippen LogP contribution < -0.4 is 10.6 Å². The van der Waals surface area contributed by atoms with Gasteiger partial charge in [0.25, 0.3) is 0 Å². The van der Waals surface area contributed by atoms with Gasteiger partial charge in [-0.2, -0.15) is 0 Å². The molecule has 0 aromatic heterocycles. The Labute approximate surface area is 164 Å². The molecule has 2 unspecified atom stereocenters. The van der Waals surface area contributed by atoms with Crippen LogP contribution in [-0.4, -0.2) is 79.3 Å². The van der Waals surface area contributed by atoms with E-state index in [-0.39, 0.29) is 12.1 Å². The van der Waals surface area contributed by atoms with Crippen molar-refractivity contribution in [2.75, 3.05) is 45.8 Å². The molecule has 0 radical (unpaired) electrons. The van der Waals surface area contributed by atoms with Crippen LogP contribution in [0.4, 0.5) is 4.79 Å². The van der Waals surface area contributed by atoms with E-state index in [1.165, 1.54) is 19.4 Å². The molecule has 2 N–H and O–H groups in total. The number of alkyl carbamates (subject to hydrolysis) is 1. The van der Waals surface area contributed by atoms with Gasteiger partial charge in [-0.25, -0.2) is 4.79 Å². The highest BCUT2D eigenvalue weighted by atomic mass is 16.6. The average Bonchev–Trinajstić information content (AvgIpc) is 3.05. The van der Waals surface area contributed by atoms with Crippen molar-refractivity contribution in [1.29, 1.82) is 0 Å². The van der Waals surface area contributed by atoms with Crippen LogP contribution in [0.15, 0.2) is 4.99 Å². The number of likely N-dealkylation sites (tertiary alicyclic amines) is 2. The standard InChI is InChI=1S/C20H39N5O2/c1-6-21-18(22-13-16-9-8-11-24(7-2)14-16)25-12-10-17(15-25)23-19(26)27-20(3,4)5/h16-17H,6-15H2,1-5H3,(H,21,22)(H,23,26). The van der Waals surface area contributed by atoms with Gasteiger partial charge in [0.15, 0.2) is 5.96 Å². The van der Waals surface area contributed by atoms with E-state index in [9.17, 15) is 4.79 Å². The molecule has 0 bridgehead atoms.